The Balaban J connectivity index is 0.000000386. The summed E-state index contributed by atoms with van der Waals surface area (Å²) in [5, 5.41) is 10.1. The summed E-state index contributed by atoms with van der Waals surface area (Å²) in [6.45, 7) is 3.70. The van der Waals surface area contributed by atoms with Gasteiger partial charge in [-0.1, -0.05) is 30.9 Å². The second-order valence-corrected chi connectivity index (χ2v) is 2.95. The van der Waals surface area contributed by atoms with E-state index < -0.39 is 0 Å². The smallest absolute Gasteiger partial charge is 0.204 e. The van der Waals surface area contributed by atoms with E-state index in [1.807, 2.05) is 18.2 Å². The quantitative estimate of drug-likeness (QED) is 0.712. The lowest BCUT2D eigenvalue weighted by Gasteiger charge is -2.00. The molecule has 1 aromatic carbocycles. The van der Waals surface area contributed by atoms with Crippen molar-refractivity contribution in [3.8, 4) is 5.75 Å². The van der Waals surface area contributed by atoms with Gasteiger partial charge in [-0.15, -0.1) is 0 Å². The van der Waals surface area contributed by atoms with Crippen molar-refractivity contribution in [1.82, 2.24) is 4.98 Å². The van der Waals surface area contributed by atoms with Crippen LogP contribution < -0.4 is 5.73 Å². The molecule has 0 radical (unpaired) electrons. The van der Waals surface area contributed by atoms with Gasteiger partial charge in [0.15, 0.2) is 0 Å². The molecule has 0 bridgehead atoms. The number of aromatic hydroxyl groups is 1. The molecule has 0 unspecified atom stereocenters. The topological polar surface area (TPSA) is 76.2 Å². The van der Waals surface area contributed by atoms with Crippen LogP contribution in [-0.4, -0.2) is 16.5 Å². The third kappa shape index (κ3) is 2.57. The molecule has 1 aromatic heterocycles. The van der Waals surface area contributed by atoms with Crippen LogP contribution in [0.3, 0.4) is 0 Å². The lowest BCUT2D eigenvalue weighted by atomic mass is 10.1. The molecule has 0 aliphatic rings. The summed E-state index contributed by atoms with van der Waals surface area (Å²) in [5.41, 5.74) is 6.02. The zero-order valence-electron chi connectivity index (χ0n) is 8.63. The summed E-state index contributed by atoms with van der Waals surface area (Å²) in [4.78, 5) is 12.7. The van der Waals surface area contributed by atoms with Gasteiger partial charge >= 0.3 is 0 Å². The number of rotatable bonds is 1. The molecule has 16 heavy (non-hydrogen) atoms. The molecule has 0 fully saturated rings. The summed E-state index contributed by atoms with van der Waals surface area (Å²) in [6.07, 6.45) is 3.45. The third-order valence-electron chi connectivity index (χ3n) is 1.95. The number of benzene rings is 1. The summed E-state index contributed by atoms with van der Waals surface area (Å²) < 4.78 is 0. The van der Waals surface area contributed by atoms with E-state index in [1.54, 1.807) is 12.1 Å². The fourth-order valence-electron chi connectivity index (χ4n) is 1.34. The molecule has 0 saturated carbocycles. The molecule has 82 valence electrons. The fourth-order valence-corrected chi connectivity index (χ4v) is 1.34. The summed E-state index contributed by atoms with van der Waals surface area (Å²) in [7, 11) is 0. The van der Waals surface area contributed by atoms with Gasteiger partial charge in [-0.2, -0.15) is 0 Å². The van der Waals surface area contributed by atoms with E-state index in [-0.39, 0.29) is 12.2 Å². The van der Waals surface area contributed by atoms with Crippen molar-refractivity contribution in [3.63, 3.8) is 0 Å². The summed E-state index contributed by atoms with van der Waals surface area (Å²) >= 11 is 0. The zero-order valence-corrected chi connectivity index (χ0v) is 8.63. The first kappa shape index (κ1) is 11.7. The Morgan fingerprint density at radius 1 is 1.44 bits per heavy atom. The Kier molecular flexibility index (Phi) is 4.03. The van der Waals surface area contributed by atoms with Crippen molar-refractivity contribution >= 4 is 23.4 Å². The van der Waals surface area contributed by atoms with Crippen molar-refractivity contribution in [3.05, 3.63) is 42.6 Å². The lowest BCUT2D eigenvalue weighted by Crippen LogP contribution is -1.82. The van der Waals surface area contributed by atoms with Gasteiger partial charge in [0, 0.05) is 10.9 Å². The molecule has 4 heteroatoms. The molecule has 2 aromatic rings. The highest BCUT2D eigenvalue weighted by molar-refractivity contribution is 5.87. The normalized spacial score (nSPS) is 9.00. The maximum absolute atomic E-state index is 9.21. The Morgan fingerprint density at radius 3 is 2.75 bits per heavy atom. The minimum Gasteiger partial charge on any atom is -0.506 e. The highest BCUT2D eigenvalue weighted by atomic mass is 16.3. The standard InChI is InChI=1S/C11H9NO.CH3NO/c1-2-8-4-3-5-9-6-10(13)7-12-11(8)9;2-1-3/h2-7,13H,1H2;1H,(H2,2,3). The van der Waals surface area contributed by atoms with Crippen LogP contribution in [0.25, 0.3) is 17.0 Å². The molecule has 1 heterocycles. The molecule has 0 saturated heterocycles. The van der Waals surface area contributed by atoms with E-state index >= 15 is 0 Å². The number of nitrogens with two attached hydrogens (primary N) is 1. The number of aromatic nitrogens is 1. The van der Waals surface area contributed by atoms with Crippen LogP contribution in [0, 0.1) is 0 Å². The average Bonchev–Trinajstić information content (AvgIpc) is 2.28. The Morgan fingerprint density at radius 2 is 2.12 bits per heavy atom. The van der Waals surface area contributed by atoms with Crippen LogP contribution in [0.15, 0.2) is 37.0 Å². The summed E-state index contributed by atoms with van der Waals surface area (Å²) in [6, 6.07) is 7.46. The number of amides is 1. The Hall–Kier alpha value is -2.36. The van der Waals surface area contributed by atoms with Gasteiger partial charge < -0.3 is 10.8 Å². The van der Waals surface area contributed by atoms with E-state index in [2.05, 4.69) is 17.3 Å². The molecule has 2 rings (SSSR count). The van der Waals surface area contributed by atoms with Crippen molar-refractivity contribution in [2.75, 3.05) is 0 Å². The minimum absolute atomic E-state index is 0.189. The predicted octanol–water partition coefficient (Wildman–Crippen LogP) is 1.68. The van der Waals surface area contributed by atoms with E-state index in [0.29, 0.717) is 0 Å². The number of fused-ring (bicyclic) bond motifs is 1. The Bertz CT molecular complexity index is 509. The number of carbonyl (C=O) groups is 1. The lowest BCUT2D eigenvalue weighted by molar-refractivity contribution is -0.106. The van der Waals surface area contributed by atoms with Gasteiger partial charge in [0.1, 0.15) is 5.75 Å². The largest absolute Gasteiger partial charge is 0.506 e. The molecule has 3 N–H and O–H groups in total. The zero-order chi connectivity index (χ0) is 12.0. The highest BCUT2D eigenvalue weighted by Crippen LogP contribution is 2.20. The molecule has 4 nitrogen and oxygen atoms in total. The molecule has 0 aliphatic carbocycles. The number of primary amides is 1. The van der Waals surface area contributed by atoms with Crippen LogP contribution >= 0.6 is 0 Å². The van der Waals surface area contributed by atoms with Gasteiger partial charge in [-0.25, -0.2) is 0 Å². The number of nitrogens with zero attached hydrogens (tertiary/aromatic N) is 1. The first-order valence-electron chi connectivity index (χ1n) is 4.58. The SMILES string of the molecule is C=Cc1cccc2cc(O)cnc12.NC=O. The third-order valence-corrected chi connectivity index (χ3v) is 1.95. The molecule has 0 aliphatic heterocycles. The summed E-state index contributed by atoms with van der Waals surface area (Å²) in [5.74, 6) is 0.189. The highest BCUT2D eigenvalue weighted by Gasteiger charge is 1.99. The van der Waals surface area contributed by atoms with Gasteiger partial charge in [0.2, 0.25) is 6.41 Å². The van der Waals surface area contributed by atoms with E-state index in [9.17, 15) is 5.11 Å². The maximum Gasteiger partial charge on any atom is 0.204 e. The van der Waals surface area contributed by atoms with Crippen LogP contribution in [-0.2, 0) is 4.79 Å². The van der Waals surface area contributed by atoms with Crippen molar-refractivity contribution in [2.45, 2.75) is 0 Å². The Labute approximate surface area is 93.0 Å². The molecule has 0 atom stereocenters. The predicted molar refractivity (Wildman–Crippen MR) is 63.8 cm³/mol. The van der Waals surface area contributed by atoms with E-state index in [0.717, 1.165) is 16.5 Å². The van der Waals surface area contributed by atoms with Crippen LogP contribution in [0.5, 0.6) is 5.75 Å². The van der Waals surface area contributed by atoms with Crippen LogP contribution in [0.4, 0.5) is 0 Å². The van der Waals surface area contributed by atoms with Crippen molar-refractivity contribution in [2.24, 2.45) is 5.73 Å². The maximum atomic E-state index is 9.21. The van der Waals surface area contributed by atoms with Gasteiger partial charge in [0.25, 0.3) is 0 Å². The number of hydrogen-bond donors (Lipinski definition) is 2. The van der Waals surface area contributed by atoms with E-state index in [1.165, 1.54) is 6.20 Å². The molecule has 0 spiro atoms. The van der Waals surface area contributed by atoms with E-state index in [4.69, 9.17) is 4.79 Å². The average molecular weight is 216 g/mol. The second-order valence-electron chi connectivity index (χ2n) is 2.95. The van der Waals surface area contributed by atoms with Crippen molar-refractivity contribution < 1.29 is 9.90 Å². The number of carbonyl (C=O) groups excluding carboxylic acids is 1. The monoisotopic (exact) mass is 216 g/mol. The molecular formula is C12H12N2O2. The first-order valence-corrected chi connectivity index (χ1v) is 4.58. The number of para-hydroxylation sites is 1. The number of pyridine rings is 1. The fraction of sp³-hybridized carbons (Fsp3) is 0. The number of hydrogen-bond acceptors (Lipinski definition) is 3. The van der Waals surface area contributed by atoms with Gasteiger partial charge in [0.05, 0.1) is 11.7 Å². The van der Waals surface area contributed by atoms with Crippen molar-refractivity contribution in [1.29, 1.82) is 0 Å². The second kappa shape index (κ2) is 5.50. The van der Waals surface area contributed by atoms with Crippen LogP contribution in [0.1, 0.15) is 5.56 Å². The minimum atomic E-state index is 0.189. The molecule has 1 amide bonds. The first-order chi connectivity index (χ1) is 7.72. The van der Waals surface area contributed by atoms with Crippen LogP contribution in [0.2, 0.25) is 0 Å². The van der Waals surface area contributed by atoms with Gasteiger partial charge in [-0.05, 0) is 6.07 Å². The molecular weight excluding hydrogens is 204 g/mol. The van der Waals surface area contributed by atoms with Gasteiger partial charge in [-0.3, -0.25) is 9.78 Å².